The highest BCUT2D eigenvalue weighted by Gasteiger charge is 2.59. The van der Waals surface area contributed by atoms with Crippen molar-refractivity contribution in [3.63, 3.8) is 0 Å². The SMILES string of the molecule is CCc1cc(N2C(=S)N(c3ccc(C#N)c(C(F)(F)F)c3)C(=O)C23CCC3)ccc1OCCN1CCN(CC(=O)Cc2cccc(CC3CCC(=O)NC3=O)c2)CC1. The number of hydrogen-bond donors (Lipinski definition) is 1. The Labute approximate surface area is 340 Å². The molecule has 0 aromatic heterocycles. The van der Waals surface area contributed by atoms with Crippen LogP contribution in [0, 0.1) is 17.2 Å². The second-order valence-corrected chi connectivity index (χ2v) is 15.8. The van der Waals surface area contributed by atoms with Gasteiger partial charge in [0.15, 0.2) is 10.9 Å². The average molecular weight is 815 g/mol. The molecule has 1 saturated carbocycles. The first-order valence-electron chi connectivity index (χ1n) is 19.7. The van der Waals surface area contributed by atoms with Crippen molar-refractivity contribution < 1.29 is 37.1 Å². The van der Waals surface area contributed by atoms with E-state index < -0.39 is 22.8 Å². The molecule has 1 N–H and O–H groups in total. The number of ether oxygens (including phenoxy) is 1. The van der Waals surface area contributed by atoms with Gasteiger partial charge in [-0.3, -0.25) is 39.2 Å². The topological polar surface area (TPSA) is 126 Å². The van der Waals surface area contributed by atoms with Gasteiger partial charge in [-0.15, -0.1) is 0 Å². The summed E-state index contributed by atoms with van der Waals surface area (Å²) >= 11 is 5.81. The van der Waals surface area contributed by atoms with Crippen molar-refractivity contribution in [2.24, 2.45) is 5.92 Å². The Hall–Kier alpha value is -5.17. The molecule has 4 aliphatic rings. The van der Waals surface area contributed by atoms with Crippen LogP contribution in [-0.4, -0.2) is 89.8 Å². The zero-order valence-electron chi connectivity index (χ0n) is 32.3. The first-order valence-corrected chi connectivity index (χ1v) is 20.1. The van der Waals surface area contributed by atoms with Crippen molar-refractivity contribution in [2.75, 3.05) is 55.7 Å². The summed E-state index contributed by atoms with van der Waals surface area (Å²) in [7, 11) is 0. The molecule has 1 aliphatic carbocycles. The number of ketones is 1. The van der Waals surface area contributed by atoms with Crippen molar-refractivity contribution in [3.05, 3.63) is 88.5 Å². The third-order valence-corrected chi connectivity index (χ3v) is 12.1. The number of aryl methyl sites for hydroxylation is 1. The van der Waals surface area contributed by atoms with Crippen molar-refractivity contribution in [1.82, 2.24) is 15.1 Å². The van der Waals surface area contributed by atoms with Crippen LogP contribution in [0.25, 0.3) is 0 Å². The van der Waals surface area contributed by atoms with Crippen LogP contribution in [0.4, 0.5) is 24.5 Å². The van der Waals surface area contributed by atoms with E-state index in [1.54, 1.807) is 11.0 Å². The highest BCUT2D eigenvalue weighted by atomic mass is 32.1. The van der Waals surface area contributed by atoms with Gasteiger partial charge in [0.1, 0.15) is 17.9 Å². The van der Waals surface area contributed by atoms with E-state index in [1.807, 2.05) is 49.4 Å². The minimum Gasteiger partial charge on any atom is -0.492 e. The molecule has 3 aromatic carbocycles. The Morgan fingerprint density at radius 1 is 0.983 bits per heavy atom. The molecule has 0 radical (unpaired) electrons. The fourth-order valence-electron chi connectivity index (χ4n) is 8.41. The molecule has 1 atom stereocenters. The second-order valence-electron chi connectivity index (χ2n) is 15.5. The number of nitrogens with one attached hydrogen (secondary N) is 1. The number of amides is 3. The molecule has 3 heterocycles. The molecular weight excluding hydrogens is 770 g/mol. The molecule has 3 amide bonds. The van der Waals surface area contributed by atoms with E-state index in [4.69, 9.17) is 17.0 Å². The van der Waals surface area contributed by atoms with Gasteiger partial charge >= 0.3 is 6.18 Å². The summed E-state index contributed by atoms with van der Waals surface area (Å²) in [5.41, 5.74) is 0.810. The highest BCUT2D eigenvalue weighted by molar-refractivity contribution is 7.81. The fraction of sp³-hybridized carbons (Fsp3) is 0.442. The Balaban J connectivity index is 0.910. The van der Waals surface area contributed by atoms with Gasteiger partial charge in [-0.2, -0.15) is 18.4 Å². The first kappa shape index (κ1) is 41.0. The number of Topliss-reactive ketones (excluding diaryl/α,β-unsaturated/α-hetero) is 1. The molecule has 0 bridgehead atoms. The summed E-state index contributed by atoms with van der Waals surface area (Å²) in [6.45, 7) is 6.59. The van der Waals surface area contributed by atoms with Crippen LogP contribution < -0.4 is 19.9 Å². The van der Waals surface area contributed by atoms with E-state index in [-0.39, 0.29) is 40.2 Å². The standard InChI is InChI=1S/C43H45F3N6O5S/c1-2-30-24-34(52-41(58)51(40(56)42(52)13-4-14-42)33-9-7-32(26-47)36(25-33)43(44,45)46)10-11-37(30)57-20-19-49-15-17-50(18-16-49)27-35(53)23-29-6-3-5-28(21-29)22-31-8-12-38(54)48-39(31)55/h3,5-7,9-11,21,24-25,31H,2,4,8,12-20,22-23,27H2,1H3,(H,48,54,55). The molecule has 3 aliphatic heterocycles. The third-order valence-electron chi connectivity index (χ3n) is 11.7. The number of benzene rings is 3. The molecule has 3 saturated heterocycles. The van der Waals surface area contributed by atoms with Crippen LogP contribution in [0.1, 0.15) is 66.8 Å². The van der Waals surface area contributed by atoms with Gasteiger partial charge in [0.2, 0.25) is 11.8 Å². The summed E-state index contributed by atoms with van der Waals surface area (Å²) in [5.74, 6) is -0.250. The number of carbonyl (C=O) groups excluding carboxylic acids is 4. The average Bonchev–Trinajstić information content (AvgIpc) is 3.42. The Bertz CT molecular complexity index is 2160. The summed E-state index contributed by atoms with van der Waals surface area (Å²) in [5, 5.41) is 11.8. The Morgan fingerprint density at radius 2 is 1.71 bits per heavy atom. The molecule has 3 aromatic rings. The molecular formula is C43H45F3N6O5S. The predicted molar refractivity (Wildman–Crippen MR) is 214 cm³/mol. The normalized spacial score (nSPS) is 19.9. The van der Waals surface area contributed by atoms with E-state index in [1.165, 1.54) is 11.0 Å². The number of rotatable bonds is 13. The number of imide groups is 1. The number of anilines is 2. The quantitative estimate of drug-likeness (QED) is 0.172. The monoisotopic (exact) mass is 814 g/mol. The van der Waals surface area contributed by atoms with Gasteiger partial charge < -0.3 is 9.64 Å². The number of nitriles is 1. The van der Waals surface area contributed by atoms with Gasteiger partial charge in [0.05, 0.1) is 29.4 Å². The van der Waals surface area contributed by atoms with Crippen LogP contribution in [-0.2, 0) is 44.6 Å². The van der Waals surface area contributed by atoms with E-state index in [2.05, 4.69) is 15.1 Å². The van der Waals surface area contributed by atoms with Crippen LogP contribution in [0.2, 0.25) is 0 Å². The van der Waals surface area contributed by atoms with Gasteiger partial charge in [0, 0.05) is 57.2 Å². The Morgan fingerprint density at radius 3 is 2.38 bits per heavy atom. The Kier molecular flexibility index (Phi) is 12.0. The van der Waals surface area contributed by atoms with E-state index in [0.717, 1.165) is 61.4 Å². The number of nitrogens with zero attached hydrogens (tertiary/aromatic N) is 5. The maximum atomic E-state index is 13.9. The lowest BCUT2D eigenvalue weighted by Crippen LogP contribution is -2.55. The number of halogens is 3. The van der Waals surface area contributed by atoms with Gasteiger partial charge in [-0.25, -0.2) is 0 Å². The molecule has 7 rings (SSSR count). The van der Waals surface area contributed by atoms with Gasteiger partial charge in [0.25, 0.3) is 5.91 Å². The van der Waals surface area contributed by atoms with E-state index in [0.29, 0.717) is 76.1 Å². The maximum absolute atomic E-state index is 13.9. The number of alkyl halides is 3. The van der Waals surface area contributed by atoms with E-state index >= 15 is 0 Å². The lowest BCUT2D eigenvalue weighted by molar-refractivity contribution is -0.138. The zero-order chi connectivity index (χ0) is 41.2. The molecule has 1 spiro atoms. The van der Waals surface area contributed by atoms with Gasteiger partial charge in [-0.05, 0) is 104 Å². The molecule has 15 heteroatoms. The van der Waals surface area contributed by atoms with Crippen molar-refractivity contribution in [2.45, 2.75) is 70.0 Å². The van der Waals surface area contributed by atoms with Crippen LogP contribution in [0.15, 0.2) is 60.7 Å². The van der Waals surface area contributed by atoms with Crippen molar-refractivity contribution in [3.8, 4) is 11.8 Å². The number of carbonyl (C=O) groups is 4. The van der Waals surface area contributed by atoms with Crippen molar-refractivity contribution in [1.29, 1.82) is 5.26 Å². The summed E-state index contributed by atoms with van der Waals surface area (Å²) < 4.78 is 47.8. The first-order chi connectivity index (χ1) is 27.8. The molecule has 1 unspecified atom stereocenters. The minimum atomic E-state index is -4.78. The number of hydrogen-bond acceptors (Lipinski definition) is 9. The van der Waals surface area contributed by atoms with Crippen molar-refractivity contribution >= 4 is 52.2 Å². The van der Waals surface area contributed by atoms with Crippen LogP contribution >= 0.6 is 12.2 Å². The maximum Gasteiger partial charge on any atom is 0.417 e. The number of thiocarbonyl (C=S) groups is 1. The number of piperidine rings is 1. The fourth-order valence-corrected chi connectivity index (χ4v) is 8.87. The molecule has 11 nitrogen and oxygen atoms in total. The summed E-state index contributed by atoms with van der Waals surface area (Å²) in [6, 6.07) is 18.2. The molecule has 4 fully saturated rings. The lowest BCUT2D eigenvalue weighted by atomic mass is 9.75. The largest absolute Gasteiger partial charge is 0.492 e. The van der Waals surface area contributed by atoms with E-state index in [9.17, 15) is 37.6 Å². The smallest absolute Gasteiger partial charge is 0.417 e. The summed E-state index contributed by atoms with van der Waals surface area (Å²) in [4.78, 5) is 58.1. The number of piperazine rings is 1. The van der Waals surface area contributed by atoms with Gasteiger partial charge in [-0.1, -0.05) is 31.2 Å². The second kappa shape index (κ2) is 17.0. The minimum absolute atomic E-state index is 0.0238. The lowest BCUT2D eigenvalue weighted by Gasteiger charge is -2.43. The van der Waals surface area contributed by atoms with Crippen LogP contribution in [0.3, 0.4) is 0 Å². The molecule has 58 heavy (non-hydrogen) atoms. The highest BCUT2D eigenvalue weighted by Crippen LogP contribution is 2.49. The third kappa shape index (κ3) is 8.50. The molecule has 304 valence electrons. The summed E-state index contributed by atoms with van der Waals surface area (Å²) in [6.07, 6.45) is -0.626. The predicted octanol–water partition coefficient (Wildman–Crippen LogP) is 5.60. The zero-order valence-corrected chi connectivity index (χ0v) is 33.1. The van der Waals surface area contributed by atoms with Crippen LogP contribution in [0.5, 0.6) is 5.75 Å².